The van der Waals surface area contributed by atoms with Crippen molar-refractivity contribution in [2.75, 3.05) is 11.9 Å². The van der Waals surface area contributed by atoms with Gasteiger partial charge in [-0.2, -0.15) is 0 Å². The molecule has 1 amide bonds. The molecule has 1 atom stereocenters. The molecule has 1 unspecified atom stereocenters. The van der Waals surface area contributed by atoms with Crippen LogP contribution in [0.3, 0.4) is 0 Å². The number of unbranched alkanes of at least 4 members (excludes halogenated alkanes) is 1. The predicted octanol–water partition coefficient (Wildman–Crippen LogP) is 3.54. The third-order valence-electron chi connectivity index (χ3n) is 3.33. The molecule has 1 N–H and O–H groups in total. The molecule has 0 saturated heterocycles. The smallest absolute Gasteiger partial charge is 0.224 e. The summed E-state index contributed by atoms with van der Waals surface area (Å²) in [6.07, 6.45) is 3.52. The van der Waals surface area contributed by atoms with E-state index >= 15 is 0 Å². The maximum atomic E-state index is 11.9. The van der Waals surface area contributed by atoms with Crippen molar-refractivity contribution in [2.45, 2.75) is 52.6 Å². The van der Waals surface area contributed by atoms with Gasteiger partial charge in [0.15, 0.2) is 0 Å². The SMILES string of the molecule is CCCCC(=O)Nc1cc2c(cc1OCC)CC(C)O2. The van der Waals surface area contributed by atoms with Gasteiger partial charge in [0.25, 0.3) is 0 Å². The van der Waals surface area contributed by atoms with Crippen LogP contribution in [-0.4, -0.2) is 18.6 Å². The molecule has 4 heteroatoms. The van der Waals surface area contributed by atoms with E-state index in [1.807, 2.05) is 26.0 Å². The molecule has 1 heterocycles. The predicted molar refractivity (Wildman–Crippen MR) is 79.6 cm³/mol. The number of ether oxygens (including phenoxy) is 2. The summed E-state index contributed by atoms with van der Waals surface area (Å²) in [5, 5.41) is 2.93. The summed E-state index contributed by atoms with van der Waals surface area (Å²) in [6, 6.07) is 3.87. The van der Waals surface area contributed by atoms with E-state index in [4.69, 9.17) is 9.47 Å². The van der Waals surface area contributed by atoms with E-state index in [0.717, 1.165) is 36.3 Å². The minimum Gasteiger partial charge on any atom is -0.492 e. The monoisotopic (exact) mass is 277 g/mol. The van der Waals surface area contributed by atoms with Crippen molar-refractivity contribution in [1.29, 1.82) is 0 Å². The van der Waals surface area contributed by atoms with E-state index in [1.165, 1.54) is 0 Å². The highest BCUT2D eigenvalue weighted by Gasteiger charge is 2.22. The van der Waals surface area contributed by atoms with Gasteiger partial charge in [0, 0.05) is 24.5 Å². The Balaban J connectivity index is 2.18. The maximum Gasteiger partial charge on any atom is 0.224 e. The zero-order chi connectivity index (χ0) is 14.5. The molecule has 1 aliphatic heterocycles. The first-order chi connectivity index (χ1) is 9.63. The summed E-state index contributed by atoms with van der Waals surface area (Å²) in [4.78, 5) is 11.9. The zero-order valence-corrected chi connectivity index (χ0v) is 12.5. The van der Waals surface area contributed by atoms with Gasteiger partial charge in [-0.1, -0.05) is 13.3 Å². The van der Waals surface area contributed by atoms with Crippen LogP contribution >= 0.6 is 0 Å². The summed E-state index contributed by atoms with van der Waals surface area (Å²) < 4.78 is 11.4. The number of carbonyl (C=O) groups excluding carboxylic acids is 1. The minimum absolute atomic E-state index is 0.0267. The van der Waals surface area contributed by atoms with Crippen molar-refractivity contribution < 1.29 is 14.3 Å². The second-order valence-electron chi connectivity index (χ2n) is 5.17. The largest absolute Gasteiger partial charge is 0.492 e. The van der Waals surface area contributed by atoms with E-state index in [9.17, 15) is 4.79 Å². The Morgan fingerprint density at radius 3 is 2.95 bits per heavy atom. The highest BCUT2D eigenvalue weighted by molar-refractivity contribution is 5.92. The van der Waals surface area contributed by atoms with Crippen molar-refractivity contribution in [3.63, 3.8) is 0 Å². The van der Waals surface area contributed by atoms with E-state index in [2.05, 4.69) is 12.2 Å². The Bertz CT molecular complexity index is 485. The fraction of sp³-hybridized carbons (Fsp3) is 0.562. The fourth-order valence-electron chi connectivity index (χ4n) is 2.36. The molecule has 0 aromatic heterocycles. The van der Waals surface area contributed by atoms with Crippen molar-refractivity contribution in [1.82, 2.24) is 0 Å². The standard InChI is InChI=1S/C16H23NO3/c1-4-6-7-16(18)17-13-10-14-12(8-11(3)20-14)9-15(13)19-5-2/h9-11H,4-8H2,1-3H3,(H,17,18). The highest BCUT2D eigenvalue weighted by atomic mass is 16.5. The van der Waals surface area contributed by atoms with Crippen LogP contribution < -0.4 is 14.8 Å². The average molecular weight is 277 g/mol. The summed E-state index contributed by atoms with van der Waals surface area (Å²) in [5.74, 6) is 1.61. The zero-order valence-electron chi connectivity index (χ0n) is 12.5. The number of fused-ring (bicyclic) bond motifs is 1. The Kier molecular flexibility index (Phi) is 4.88. The third kappa shape index (κ3) is 3.44. The van der Waals surface area contributed by atoms with E-state index in [-0.39, 0.29) is 12.0 Å². The normalized spacial score (nSPS) is 16.4. The molecule has 1 aromatic rings. The number of carbonyl (C=O) groups is 1. The first kappa shape index (κ1) is 14.7. The second-order valence-corrected chi connectivity index (χ2v) is 5.17. The van der Waals surface area contributed by atoms with Crippen LogP contribution in [-0.2, 0) is 11.2 Å². The van der Waals surface area contributed by atoms with Gasteiger partial charge >= 0.3 is 0 Å². The molecule has 0 radical (unpaired) electrons. The van der Waals surface area contributed by atoms with Crippen LogP contribution in [0.4, 0.5) is 5.69 Å². The summed E-state index contributed by atoms with van der Waals surface area (Å²) >= 11 is 0. The Morgan fingerprint density at radius 2 is 2.25 bits per heavy atom. The number of amides is 1. The summed E-state index contributed by atoms with van der Waals surface area (Å²) in [5.41, 5.74) is 1.85. The molecule has 0 spiro atoms. The van der Waals surface area contributed by atoms with Gasteiger partial charge in [-0.15, -0.1) is 0 Å². The number of nitrogens with one attached hydrogen (secondary N) is 1. The first-order valence-electron chi connectivity index (χ1n) is 7.40. The van der Waals surface area contributed by atoms with Crippen LogP contribution in [0.25, 0.3) is 0 Å². The molecule has 0 saturated carbocycles. The Hall–Kier alpha value is -1.71. The quantitative estimate of drug-likeness (QED) is 0.865. The number of hydrogen-bond acceptors (Lipinski definition) is 3. The molecule has 2 rings (SSSR count). The minimum atomic E-state index is 0.0267. The van der Waals surface area contributed by atoms with Crippen LogP contribution in [0, 0.1) is 0 Å². The number of anilines is 1. The lowest BCUT2D eigenvalue weighted by Crippen LogP contribution is -2.12. The van der Waals surface area contributed by atoms with Gasteiger partial charge in [0.2, 0.25) is 5.91 Å². The lowest BCUT2D eigenvalue weighted by molar-refractivity contribution is -0.116. The third-order valence-corrected chi connectivity index (χ3v) is 3.33. The lowest BCUT2D eigenvalue weighted by atomic mass is 10.1. The van der Waals surface area contributed by atoms with Crippen LogP contribution in [0.15, 0.2) is 12.1 Å². The van der Waals surface area contributed by atoms with Gasteiger partial charge in [-0.3, -0.25) is 4.79 Å². The number of benzene rings is 1. The Morgan fingerprint density at radius 1 is 1.45 bits per heavy atom. The average Bonchev–Trinajstić information content (AvgIpc) is 2.76. The molecule has 1 aromatic carbocycles. The van der Waals surface area contributed by atoms with Crippen molar-refractivity contribution in [3.8, 4) is 11.5 Å². The topological polar surface area (TPSA) is 47.6 Å². The van der Waals surface area contributed by atoms with Crippen molar-refractivity contribution in [3.05, 3.63) is 17.7 Å². The maximum absolute atomic E-state index is 11.9. The van der Waals surface area contributed by atoms with Gasteiger partial charge < -0.3 is 14.8 Å². The van der Waals surface area contributed by atoms with E-state index in [0.29, 0.717) is 18.7 Å². The molecule has 0 aliphatic carbocycles. The number of hydrogen-bond donors (Lipinski definition) is 1. The molecule has 20 heavy (non-hydrogen) atoms. The lowest BCUT2D eigenvalue weighted by Gasteiger charge is -2.13. The molecule has 4 nitrogen and oxygen atoms in total. The van der Waals surface area contributed by atoms with Gasteiger partial charge in [0.1, 0.15) is 17.6 Å². The summed E-state index contributed by atoms with van der Waals surface area (Å²) in [7, 11) is 0. The molecule has 1 aliphatic rings. The van der Waals surface area contributed by atoms with Crippen molar-refractivity contribution >= 4 is 11.6 Å². The van der Waals surface area contributed by atoms with Gasteiger partial charge in [-0.05, 0) is 26.3 Å². The molecular formula is C16H23NO3. The Labute approximate surface area is 120 Å². The molecular weight excluding hydrogens is 254 g/mol. The highest BCUT2D eigenvalue weighted by Crippen LogP contribution is 2.38. The van der Waals surface area contributed by atoms with Crippen LogP contribution in [0.2, 0.25) is 0 Å². The fourth-order valence-corrected chi connectivity index (χ4v) is 2.36. The molecule has 0 fully saturated rings. The van der Waals surface area contributed by atoms with E-state index < -0.39 is 0 Å². The van der Waals surface area contributed by atoms with Crippen molar-refractivity contribution in [2.24, 2.45) is 0 Å². The number of rotatable bonds is 6. The first-order valence-corrected chi connectivity index (χ1v) is 7.40. The van der Waals surface area contributed by atoms with Gasteiger partial charge in [-0.25, -0.2) is 0 Å². The van der Waals surface area contributed by atoms with Gasteiger partial charge in [0.05, 0.1) is 12.3 Å². The van der Waals surface area contributed by atoms with Crippen LogP contribution in [0.5, 0.6) is 11.5 Å². The molecule has 110 valence electrons. The van der Waals surface area contributed by atoms with Crippen LogP contribution in [0.1, 0.15) is 45.6 Å². The summed E-state index contributed by atoms with van der Waals surface area (Å²) in [6.45, 7) is 6.63. The molecule has 0 bridgehead atoms. The second kappa shape index (κ2) is 6.64. The van der Waals surface area contributed by atoms with E-state index in [1.54, 1.807) is 0 Å².